The molecule has 0 fully saturated rings. The summed E-state index contributed by atoms with van der Waals surface area (Å²) in [6, 6.07) is 6.05. The average molecular weight is 339 g/mol. The van der Waals surface area contributed by atoms with E-state index < -0.39 is 0 Å². The smallest absolute Gasteiger partial charge is 0.262 e. The fourth-order valence-electron chi connectivity index (χ4n) is 3.06. The van der Waals surface area contributed by atoms with Gasteiger partial charge >= 0.3 is 0 Å². The van der Waals surface area contributed by atoms with Crippen molar-refractivity contribution < 1.29 is 0 Å². The number of pyridine rings is 1. The van der Waals surface area contributed by atoms with E-state index in [-0.39, 0.29) is 5.56 Å². The highest BCUT2D eigenvalue weighted by atomic mass is 32.1. The van der Waals surface area contributed by atoms with E-state index in [1.807, 2.05) is 24.4 Å². The Labute approximate surface area is 141 Å². The maximum absolute atomic E-state index is 12.9. The lowest BCUT2D eigenvalue weighted by atomic mass is 10.1. The molecular weight excluding hydrogens is 322 g/mol. The fourth-order valence-corrected chi connectivity index (χ4v) is 3.70. The quantitative estimate of drug-likeness (QED) is 0.598. The van der Waals surface area contributed by atoms with Crippen LogP contribution >= 0.6 is 11.3 Å². The summed E-state index contributed by atoms with van der Waals surface area (Å²) in [5.74, 6) is 0. The predicted octanol–water partition coefficient (Wildman–Crippen LogP) is 2.66. The van der Waals surface area contributed by atoms with Crippen molar-refractivity contribution >= 4 is 33.1 Å². The number of hydrogen-bond donors (Lipinski definition) is 2. The van der Waals surface area contributed by atoms with Crippen molar-refractivity contribution in [3.63, 3.8) is 0 Å². The Morgan fingerprint density at radius 3 is 3.00 bits per heavy atom. The van der Waals surface area contributed by atoms with Crippen LogP contribution in [0.1, 0.15) is 12.1 Å². The van der Waals surface area contributed by atoms with Crippen molar-refractivity contribution in [2.45, 2.75) is 19.9 Å². The molecule has 4 aromatic rings. The first-order valence-electron chi connectivity index (χ1n) is 7.82. The van der Waals surface area contributed by atoms with E-state index in [2.05, 4.69) is 21.2 Å². The fraction of sp³-hybridized carbons (Fsp3) is 0.235. The summed E-state index contributed by atoms with van der Waals surface area (Å²) in [6.07, 6.45) is 2.55. The van der Waals surface area contributed by atoms with Crippen LogP contribution in [0.25, 0.3) is 32.4 Å². The largest absolute Gasteiger partial charge is 0.330 e. The monoisotopic (exact) mass is 339 g/mol. The number of aromatic amines is 1. The first kappa shape index (κ1) is 15.0. The van der Waals surface area contributed by atoms with Gasteiger partial charge in [0.2, 0.25) is 0 Å². The summed E-state index contributed by atoms with van der Waals surface area (Å²) >= 11 is 1.59. The van der Waals surface area contributed by atoms with Crippen LogP contribution in [-0.4, -0.2) is 26.3 Å². The molecule has 4 rings (SSSR count). The zero-order valence-corrected chi connectivity index (χ0v) is 14.1. The van der Waals surface area contributed by atoms with E-state index in [0.717, 1.165) is 39.1 Å². The molecule has 0 atom stereocenters. The Bertz CT molecular complexity index is 1080. The average Bonchev–Trinajstić information content (AvgIpc) is 3.24. The van der Waals surface area contributed by atoms with Gasteiger partial charge < -0.3 is 10.3 Å². The molecule has 0 unspecified atom stereocenters. The van der Waals surface area contributed by atoms with Gasteiger partial charge in [-0.3, -0.25) is 9.89 Å². The van der Waals surface area contributed by atoms with Crippen LogP contribution in [0.5, 0.6) is 0 Å². The van der Waals surface area contributed by atoms with Gasteiger partial charge in [-0.25, -0.2) is 4.98 Å². The topological polar surface area (TPSA) is 89.6 Å². The van der Waals surface area contributed by atoms with Crippen molar-refractivity contribution in [1.29, 1.82) is 0 Å². The van der Waals surface area contributed by atoms with E-state index in [4.69, 9.17) is 5.73 Å². The Balaban J connectivity index is 2.08. The molecule has 0 saturated heterocycles. The Kier molecular flexibility index (Phi) is 3.66. The molecule has 7 heteroatoms. The van der Waals surface area contributed by atoms with Gasteiger partial charge in [0, 0.05) is 34.8 Å². The minimum absolute atomic E-state index is 0.0146. The first-order chi connectivity index (χ1) is 11.7. The highest BCUT2D eigenvalue weighted by Crippen LogP contribution is 2.29. The summed E-state index contributed by atoms with van der Waals surface area (Å²) in [6.45, 7) is 3.02. The number of aromatic nitrogens is 4. The van der Waals surface area contributed by atoms with Crippen LogP contribution in [0.4, 0.5) is 0 Å². The predicted molar refractivity (Wildman–Crippen MR) is 97.4 cm³/mol. The third-order valence-corrected chi connectivity index (χ3v) is 5.04. The van der Waals surface area contributed by atoms with Gasteiger partial charge in [0.1, 0.15) is 10.5 Å². The van der Waals surface area contributed by atoms with Crippen LogP contribution in [0.2, 0.25) is 0 Å². The number of aryl methyl sites for hydroxylation is 2. The van der Waals surface area contributed by atoms with Crippen LogP contribution < -0.4 is 11.3 Å². The number of nitrogens with two attached hydrogens (primary N) is 1. The molecule has 0 bridgehead atoms. The molecule has 0 amide bonds. The van der Waals surface area contributed by atoms with Crippen LogP contribution in [-0.2, 0) is 6.54 Å². The number of nitrogens with zero attached hydrogens (tertiary/aromatic N) is 3. The number of hydrogen-bond acceptors (Lipinski definition) is 5. The van der Waals surface area contributed by atoms with Crippen molar-refractivity contribution in [2.75, 3.05) is 6.54 Å². The lowest BCUT2D eigenvalue weighted by Gasteiger charge is -2.11. The van der Waals surface area contributed by atoms with E-state index >= 15 is 0 Å². The molecule has 0 aliphatic carbocycles. The van der Waals surface area contributed by atoms with Gasteiger partial charge in [-0.05, 0) is 38.1 Å². The van der Waals surface area contributed by atoms with E-state index in [1.165, 1.54) is 0 Å². The number of H-pyrrole nitrogens is 1. The highest BCUT2D eigenvalue weighted by Gasteiger charge is 2.16. The number of nitrogens with one attached hydrogen (secondary N) is 1. The number of benzene rings is 1. The molecule has 3 aromatic heterocycles. The second-order valence-corrected chi connectivity index (χ2v) is 6.63. The molecule has 1 aromatic carbocycles. The van der Waals surface area contributed by atoms with Crippen molar-refractivity contribution in [3.05, 3.63) is 45.8 Å². The van der Waals surface area contributed by atoms with Crippen LogP contribution in [0, 0.1) is 6.92 Å². The Hall–Kier alpha value is -2.51. The molecular formula is C17H17N5OS. The van der Waals surface area contributed by atoms with Crippen molar-refractivity contribution in [1.82, 2.24) is 19.7 Å². The first-order valence-corrected chi connectivity index (χ1v) is 8.70. The normalized spacial score (nSPS) is 11.6. The summed E-state index contributed by atoms with van der Waals surface area (Å²) in [5, 5.41) is 11.8. The van der Waals surface area contributed by atoms with Crippen molar-refractivity contribution in [3.8, 4) is 10.6 Å². The summed E-state index contributed by atoms with van der Waals surface area (Å²) in [7, 11) is 0. The molecule has 3 heterocycles. The third kappa shape index (κ3) is 2.24. The summed E-state index contributed by atoms with van der Waals surface area (Å²) in [4.78, 5) is 17.3. The standard InChI is InChI=1S/C17H17N5OS/c1-10-14-15(21-20-10)12-9-11(16-19-6-8-24-16)3-4-13(12)22(17(14)23)7-2-5-18/h3-4,6,8-9H,2,5,7,18H2,1H3,(H,20,21). The van der Waals surface area contributed by atoms with Gasteiger partial charge in [0.25, 0.3) is 5.56 Å². The van der Waals surface area contributed by atoms with Gasteiger partial charge in [-0.2, -0.15) is 5.10 Å². The van der Waals surface area contributed by atoms with E-state index in [1.54, 1.807) is 22.1 Å². The second-order valence-electron chi connectivity index (χ2n) is 5.74. The highest BCUT2D eigenvalue weighted by molar-refractivity contribution is 7.13. The maximum Gasteiger partial charge on any atom is 0.262 e. The van der Waals surface area contributed by atoms with Gasteiger partial charge in [0.05, 0.1) is 10.9 Å². The molecule has 24 heavy (non-hydrogen) atoms. The lowest BCUT2D eigenvalue weighted by molar-refractivity contribution is 0.654. The zero-order chi connectivity index (χ0) is 16.7. The minimum Gasteiger partial charge on any atom is -0.330 e. The van der Waals surface area contributed by atoms with Crippen LogP contribution in [0.3, 0.4) is 0 Å². The maximum atomic E-state index is 12.9. The molecule has 6 nitrogen and oxygen atoms in total. The lowest BCUT2D eigenvalue weighted by Crippen LogP contribution is -2.22. The molecule has 0 spiro atoms. The van der Waals surface area contributed by atoms with Crippen molar-refractivity contribution in [2.24, 2.45) is 5.73 Å². The number of fused-ring (bicyclic) bond motifs is 3. The molecule has 0 aliphatic rings. The third-order valence-electron chi connectivity index (χ3n) is 4.21. The van der Waals surface area contributed by atoms with E-state index in [0.29, 0.717) is 18.5 Å². The Morgan fingerprint density at radius 1 is 1.38 bits per heavy atom. The van der Waals surface area contributed by atoms with Gasteiger partial charge in [-0.1, -0.05) is 0 Å². The van der Waals surface area contributed by atoms with Gasteiger partial charge in [0.15, 0.2) is 0 Å². The van der Waals surface area contributed by atoms with Crippen LogP contribution in [0.15, 0.2) is 34.6 Å². The number of thiazole rings is 1. The molecule has 122 valence electrons. The summed E-state index contributed by atoms with van der Waals surface area (Å²) in [5.41, 5.74) is 9.05. The molecule has 0 aliphatic heterocycles. The zero-order valence-electron chi connectivity index (χ0n) is 13.2. The number of rotatable bonds is 4. The van der Waals surface area contributed by atoms with Gasteiger partial charge in [-0.15, -0.1) is 11.3 Å². The molecule has 0 saturated carbocycles. The summed E-state index contributed by atoms with van der Waals surface area (Å²) < 4.78 is 1.80. The second kappa shape index (κ2) is 5.85. The Morgan fingerprint density at radius 2 is 2.25 bits per heavy atom. The van der Waals surface area contributed by atoms with E-state index in [9.17, 15) is 4.79 Å². The SMILES string of the molecule is Cc1[nH]nc2c1c(=O)n(CCCN)c1ccc(-c3nccs3)cc21. The molecule has 3 N–H and O–H groups in total. The molecule has 0 radical (unpaired) electrons. The minimum atomic E-state index is -0.0146.